The number of nitrogens with two attached hydrogens (primary N) is 1. The summed E-state index contributed by atoms with van der Waals surface area (Å²) in [6.07, 6.45) is 3.64. The third-order valence-corrected chi connectivity index (χ3v) is 2.51. The summed E-state index contributed by atoms with van der Waals surface area (Å²) in [6, 6.07) is 0.0529. The largest absolute Gasteiger partial charge is 0.348 e. The van der Waals surface area contributed by atoms with E-state index in [0.717, 1.165) is 18.5 Å². The number of aryl methyl sites for hydroxylation is 2. The van der Waals surface area contributed by atoms with Crippen LogP contribution < -0.4 is 11.1 Å². The second-order valence-electron chi connectivity index (χ2n) is 4.00. The van der Waals surface area contributed by atoms with Gasteiger partial charge in [0.1, 0.15) is 0 Å². The molecule has 0 saturated carbocycles. The SMILES string of the molecule is CCCC(CN)NC(=O)c1cn(C)nc1C. The number of nitrogens with one attached hydrogen (secondary N) is 1. The first kappa shape index (κ1) is 12.7. The van der Waals surface area contributed by atoms with E-state index in [9.17, 15) is 4.79 Å². The first-order valence-electron chi connectivity index (χ1n) is 5.59. The standard InChI is InChI=1S/C11H20N4O/c1-4-5-9(6-12)13-11(16)10-7-15(3)14-8(10)2/h7,9H,4-6,12H2,1-3H3,(H,13,16). The molecule has 1 heterocycles. The fourth-order valence-corrected chi connectivity index (χ4v) is 1.68. The van der Waals surface area contributed by atoms with Crippen LogP contribution in [0.1, 0.15) is 35.8 Å². The van der Waals surface area contributed by atoms with E-state index in [1.54, 1.807) is 17.9 Å². The van der Waals surface area contributed by atoms with Crippen molar-refractivity contribution < 1.29 is 4.79 Å². The Morgan fingerprint density at radius 2 is 2.38 bits per heavy atom. The Bertz CT molecular complexity index is 359. The number of amides is 1. The van der Waals surface area contributed by atoms with E-state index < -0.39 is 0 Å². The van der Waals surface area contributed by atoms with Crippen molar-refractivity contribution in [2.45, 2.75) is 32.7 Å². The molecule has 5 heteroatoms. The van der Waals surface area contributed by atoms with Crippen LogP contribution in [0.25, 0.3) is 0 Å². The van der Waals surface area contributed by atoms with Crippen molar-refractivity contribution in [1.82, 2.24) is 15.1 Å². The van der Waals surface area contributed by atoms with Gasteiger partial charge >= 0.3 is 0 Å². The van der Waals surface area contributed by atoms with E-state index >= 15 is 0 Å². The normalized spacial score (nSPS) is 12.5. The van der Waals surface area contributed by atoms with Crippen molar-refractivity contribution in [2.75, 3.05) is 6.54 Å². The Morgan fingerprint density at radius 3 is 2.81 bits per heavy atom. The number of aromatic nitrogens is 2. The van der Waals surface area contributed by atoms with Crippen LogP contribution in [0.3, 0.4) is 0 Å². The molecule has 16 heavy (non-hydrogen) atoms. The average Bonchev–Trinajstić information content (AvgIpc) is 2.57. The molecule has 0 aromatic carbocycles. The summed E-state index contributed by atoms with van der Waals surface area (Å²) >= 11 is 0. The molecule has 5 nitrogen and oxygen atoms in total. The molecule has 3 N–H and O–H groups in total. The lowest BCUT2D eigenvalue weighted by molar-refractivity contribution is 0.0935. The highest BCUT2D eigenvalue weighted by Crippen LogP contribution is 2.05. The van der Waals surface area contributed by atoms with Crippen molar-refractivity contribution in [2.24, 2.45) is 12.8 Å². The summed E-state index contributed by atoms with van der Waals surface area (Å²) in [7, 11) is 1.80. The van der Waals surface area contributed by atoms with Gasteiger partial charge in [-0.2, -0.15) is 5.10 Å². The molecule has 0 aliphatic carbocycles. The van der Waals surface area contributed by atoms with Gasteiger partial charge in [0.25, 0.3) is 5.91 Å². The zero-order valence-electron chi connectivity index (χ0n) is 10.2. The number of hydrogen-bond donors (Lipinski definition) is 2. The Hall–Kier alpha value is -1.36. The van der Waals surface area contributed by atoms with Crippen LogP contribution in [0.15, 0.2) is 6.20 Å². The molecule has 1 amide bonds. The maximum Gasteiger partial charge on any atom is 0.255 e. The third-order valence-electron chi connectivity index (χ3n) is 2.51. The number of carbonyl (C=O) groups is 1. The van der Waals surface area contributed by atoms with Crippen molar-refractivity contribution in [3.8, 4) is 0 Å². The Morgan fingerprint density at radius 1 is 1.69 bits per heavy atom. The van der Waals surface area contributed by atoms with Crippen LogP contribution in [0, 0.1) is 6.92 Å². The summed E-state index contributed by atoms with van der Waals surface area (Å²) in [5.74, 6) is -0.0884. The smallest absolute Gasteiger partial charge is 0.255 e. The zero-order valence-corrected chi connectivity index (χ0v) is 10.2. The summed E-state index contributed by atoms with van der Waals surface area (Å²) in [6.45, 7) is 4.37. The molecule has 1 aromatic heterocycles. The second kappa shape index (κ2) is 5.65. The van der Waals surface area contributed by atoms with Gasteiger partial charge in [0, 0.05) is 25.8 Å². The number of hydrogen-bond acceptors (Lipinski definition) is 3. The first-order valence-corrected chi connectivity index (χ1v) is 5.59. The third kappa shape index (κ3) is 3.06. The molecular formula is C11H20N4O. The summed E-state index contributed by atoms with van der Waals surface area (Å²) in [4.78, 5) is 11.9. The van der Waals surface area contributed by atoms with Crippen molar-refractivity contribution in [1.29, 1.82) is 0 Å². The minimum atomic E-state index is -0.0884. The molecule has 0 radical (unpaired) electrons. The monoisotopic (exact) mass is 224 g/mol. The Kier molecular flexibility index (Phi) is 4.49. The fraction of sp³-hybridized carbons (Fsp3) is 0.636. The van der Waals surface area contributed by atoms with Crippen molar-refractivity contribution >= 4 is 5.91 Å². The average molecular weight is 224 g/mol. The van der Waals surface area contributed by atoms with Crippen molar-refractivity contribution in [3.63, 3.8) is 0 Å². The van der Waals surface area contributed by atoms with Crippen LogP contribution in [0.4, 0.5) is 0 Å². The van der Waals surface area contributed by atoms with Crippen LogP contribution in [-0.4, -0.2) is 28.3 Å². The topological polar surface area (TPSA) is 72.9 Å². The molecule has 0 spiro atoms. The Balaban J connectivity index is 2.67. The van der Waals surface area contributed by atoms with Gasteiger partial charge < -0.3 is 11.1 Å². The highest BCUT2D eigenvalue weighted by molar-refractivity contribution is 5.95. The lowest BCUT2D eigenvalue weighted by Gasteiger charge is -2.15. The van der Waals surface area contributed by atoms with Crippen molar-refractivity contribution in [3.05, 3.63) is 17.5 Å². The lowest BCUT2D eigenvalue weighted by Crippen LogP contribution is -2.40. The van der Waals surface area contributed by atoms with Gasteiger partial charge in [0.15, 0.2) is 0 Å². The summed E-state index contributed by atoms with van der Waals surface area (Å²) in [5.41, 5.74) is 6.96. The van der Waals surface area contributed by atoms with Gasteiger partial charge in [0.05, 0.1) is 11.3 Å². The highest BCUT2D eigenvalue weighted by atomic mass is 16.1. The predicted octanol–water partition coefficient (Wildman–Crippen LogP) is 0.586. The van der Waals surface area contributed by atoms with Gasteiger partial charge in [0.2, 0.25) is 0 Å². The molecule has 1 unspecified atom stereocenters. The van der Waals surface area contributed by atoms with E-state index in [-0.39, 0.29) is 11.9 Å². The minimum absolute atomic E-state index is 0.0529. The number of rotatable bonds is 5. The maximum absolute atomic E-state index is 11.9. The van der Waals surface area contributed by atoms with Gasteiger partial charge in [-0.25, -0.2) is 0 Å². The number of carbonyl (C=O) groups excluding carboxylic acids is 1. The molecule has 0 fully saturated rings. The maximum atomic E-state index is 11.9. The van der Waals surface area contributed by atoms with E-state index in [1.165, 1.54) is 0 Å². The van der Waals surface area contributed by atoms with Gasteiger partial charge in [-0.3, -0.25) is 9.48 Å². The minimum Gasteiger partial charge on any atom is -0.348 e. The molecule has 1 aromatic rings. The molecule has 0 aliphatic rings. The van der Waals surface area contributed by atoms with E-state index in [2.05, 4.69) is 17.3 Å². The van der Waals surface area contributed by atoms with E-state index in [0.29, 0.717) is 12.1 Å². The van der Waals surface area contributed by atoms with Gasteiger partial charge in [-0.15, -0.1) is 0 Å². The first-order chi connectivity index (χ1) is 7.58. The van der Waals surface area contributed by atoms with Crippen LogP contribution in [0.2, 0.25) is 0 Å². The molecule has 1 rings (SSSR count). The molecule has 0 bridgehead atoms. The molecular weight excluding hydrogens is 204 g/mol. The molecule has 0 aliphatic heterocycles. The zero-order chi connectivity index (χ0) is 12.1. The second-order valence-corrected chi connectivity index (χ2v) is 4.00. The van der Waals surface area contributed by atoms with Crippen LogP contribution in [0.5, 0.6) is 0 Å². The van der Waals surface area contributed by atoms with Gasteiger partial charge in [-0.05, 0) is 13.3 Å². The fourth-order valence-electron chi connectivity index (χ4n) is 1.68. The molecule has 90 valence electrons. The molecule has 0 saturated heterocycles. The van der Waals surface area contributed by atoms with E-state index in [4.69, 9.17) is 5.73 Å². The summed E-state index contributed by atoms with van der Waals surface area (Å²) < 4.78 is 1.64. The quantitative estimate of drug-likeness (QED) is 0.768. The van der Waals surface area contributed by atoms with Crippen LogP contribution >= 0.6 is 0 Å². The molecule has 1 atom stereocenters. The van der Waals surface area contributed by atoms with Gasteiger partial charge in [-0.1, -0.05) is 13.3 Å². The van der Waals surface area contributed by atoms with E-state index in [1.807, 2.05) is 6.92 Å². The lowest BCUT2D eigenvalue weighted by atomic mass is 10.1. The highest BCUT2D eigenvalue weighted by Gasteiger charge is 2.15. The van der Waals surface area contributed by atoms with Crippen LogP contribution in [-0.2, 0) is 7.05 Å². The summed E-state index contributed by atoms with van der Waals surface area (Å²) in [5, 5.41) is 7.06. The predicted molar refractivity (Wildman–Crippen MR) is 63.2 cm³/mol. The Labute approximate surface area is 96.0 Å². The number of nitrogens with zero attached hydrogens (tertiary/aromatic N) is 2.